The summed E-state index contributed by atoms with van der Waals surface area (Å²) in [4.78, 5) is 17.4. The van der Waals surface area contributed by atoms with Gasteiger partial charge < -0.3 is 15.4 Å². The average Bonchev–Trinajstić information content (AvgIpc) is 2.86. The van der Waals surface area contributed by atoms with Gasteiger partial charge in [0.2, 0.25) is 0 Å². The van der Waals surface area contributed by atoms with Crippen molar-refractivity contribution in [3.05, 3.63) is 108 Å². The molecule has 0 fully saturated rings. The highest BCUT2D eigenvalue weighted by Gasteiger charge is 2.13. The number of ether oxygens (including phenoxy) is 1. The van der Waals surface area contributed by atoms with Gasteiger partial charge in [0.15, 0.2) is 0 Å². The van der Waals surface area contributed by atoms with Crippen LogP contribution in [0.15, 0.2) is 97.2 Å². The number of hydrogen-bond acceptors (Lipinski definition) is 4. The van der Waals surface area contributed by atoms with E-state index in [0.29, 0.717) is 5.56 Å². The third-order valence-corrected chi connectivity index (χ3v) is 5.29. The van der Waals surface area contributed by atoms with Crippen molar-refractivity contribution in [1.82, 2.24) is 4.98 Å². The van der Waals surface area contributed by atoms with Gasteiger partial charge in [-0.05, 0) is 79.6 Å². The summed E-state index contributed by atoms with van der Waals surface area (Å²) in [6.07, 6.45) is 2.77. The average molecular weight is 452 g/mol. The Morgan fingerprint density at radius 2 is 1.56 bits per heavy atom. The van der Waals surface area contributed by atoms with Gasteiger partial charge in [0.25, 0.3) is 5.91 Å². The minimum Gasteiger partial charge on any atom is -0.491 e. The zero-order chi connectivity index (χ0) is 23.8. The maximum atomic E-state index is 13.1. The molecule has 0 radical (unpaired) electrons. The molecule has 5 nitrogen and oxygen atoms in total. The zero-order valence-corrected chi connectivity index (χ0v) is 19.5. The van der Waals surface area contributed by atoms with Crippen molar-refractivity contribution in [1.29, 1.82) is 0 Å². The summed E-state index contributed by atoms with van der Waals surface area (Å²) >= 11 is 0. The fourth-order valence-corrected chi connectivity index (χ4v) is 3.67. The highest BCUT2D eigenvalue weighted by Crippen LogP contribution is 2.27. The van der Waals surface area contributed by atoms with Crippen molar-refractivity contribution in [2.24, 2.45) is 0 Å². The van der Waals surface area contributed by atoms with E-state index >= 15 is 0 Å². The van der Waals surface area contributed by atoms with Crippen LogP contribution in [0.1, 0.15) is 29.9 Å². The van der Waals surface area contributed by atoms with Crippen LogP contribution in [-0.2, 0) is 6.42 Å². The van der Waals surface area contributed by atoms with Crippen molar-refractivity contribution in [2.45, 2.75) is 26.4 Å². The fraction of sp³-hybridized carbons (Fsp3) is 0.172. The Balaban J connectivity index is 1.39. The molecule has 3 aromatic carbocycles. The molecular weight excluding hydrogens is 422 g/mol. The van der Waals surface area contributed by atoms with Crippen LogP contribution >= 0.6 is 0 Å². The summed E-state index contributed by atoms with van der Waals surface area (Å²) in [6.45, 7) is 4.79. The van der Waals surface area contributed by atoms with E-state index in [1.807, 2.05) is 105 Å². The Morgan fingerprint density at radius 1 is 0.853 bits per heavy atom. The summed E-state index contributed by atoms with van der Waals surface area (Å²) in [6, 6.07) is 29.1. The third kappa shape index (κ3) is 6.23. The number of rotatable bonds is 9. The molecule has 0 aliphatic carbocycles. The van der Waals surface area contributed by atoms with Crippen LogP contribution in [0, 0.1) is 0 Å². The Morgan fingerprint density at radius 3 is 2.26 bits per heavy atom. The van der Waals surface area contributed by atoms with Gasteiger partial charge in [-0.15, -0.1) is 0 Å². The maximum absolute atomic E-state index is 13.1. The van der Waals surface area contributed by atoms with Gasteiger partial charge in [0.05, 0.1) is 6.10 Å². The molecule has 1 heterocycles. The Bertz CT molecular complexity index is 1200. The minimum absolute atomic E-state index is 0.117. The van der Waals surface area contributed by atoms with Crippen LogP contribution in [0.25, 0.3) is 11.1 Å². The van der Waals surface area contributed by atoms with Gasteiger partial charge in [-0.1, -0.05) is 36.4 Å². The Kier molecular flexibility index (Phi) is 7.56. The Labute approximate surface area is 200 Å². The molecule has 0 bridgehead atoms. The lowest BCUT2D eigenvalue weighted by Crippen LogP contribution is -2.13. The van der Waals surface area contributed by atoms with Crippen LogP contribution < -0.4 is 15.4 Å². The molecule has 5 heteroatoms. The largest absolute Gasteiger partial charge is 0.491 e. The fourth-order valence-electron chi connectivity index (χ4n) is 3.67. The van der Waals surface area contributed by atoms with Crippen LogP contribution in [-0.4, -0.2) is 23.5 Å². The summed E-state index contributed by atoms with van der Waals surface area (Å²) in [7, 11) is 0. The molecule has 172 valence electrons. The van der Waals surface area contributed by atoms with Gasteiger partial charge in [0, 0.05) is 41.8 Å². The van der Waals surface area contributed by atoms with E-state index < -0.39 is 0 Å². The number of nitrogens with zero attached hydrogens (tertiary/aromatic N) is 1. The molecule has 0 atom stereocenters. The standard InChI is InChI=1S/C29H29N3O2/c1-21(2)34-26-16-10-22(11-17-26)27-8-3-4-9-28(27)29(33)32-25-14-12-24(13-15-25)31-20-18-23-7-5-6-19-30-23/h3-17,19,21,31H,18,20H2,1-2H3,(H,32,33). The van der Waals surface area contributed by atoms with Crippen molar-refractivity contribution in [3.63, 3.8) is 0 Å². The number of anilines is 2. The SMILES string of the molecule is CC(C)Oc1ccc(-c2ccccc2C(=O)Nc2ccc(NCCc3ccccn3)cc2)cc1. The van der Waals surface area contributed by atoms with E-state index in [1.165, 1.54) is 0 Å². The topological polar surface area (TPSA) is 63.2 Å². The van der Waals surface area contributed by atoms with Gasteiger partial charge in [-0.25, -0.2) is 0 Å². The number of carbonyl (C=O) groups is 1. The van der Waals surface area contributed by atoms with Crippen molar-refractivity contribution < 1.29 is 9.53 Å². The summed E-state index contributed by atoms with van der Waals surface area (Å²) < 4.78 is 5.73. The molecule has 0 saturated carbocycles. The molecule has 0 spiro atoms. The number of amides is 1. The monoisotopic (exact) mass is 451 g/mol. The molecule has 0 unspecified atom stereocenters. The van der Waals surface area contributed by atoms with E-state index in [9.17, 15) is 4.79 Å². The molecule has 0 aliphatic rings. The normalized spacial score (nSPS) is 10.7. The lowest BCUT2D eigenvalue weighted by molar-refractivity contribution is 0.102. The highest BCUT2D eigenvalue weighted by atomic mass is 16.5. The van der Waals surface area contributed by atoms with Crippen molar-refractivity contribution in [2.75, 3.05) is 17.2 Å². The zero-order valence-electron chi connectivity index (χ0n) is 19.5. The first kappa shape index (κ1) is 23.1. The smallest absolute Gasteiger partial charge is 0.256 e. The molecule has 1 aromatic heterocycles. The third-order valence-electron chi connectivity index (χ3n) is 5.29. The van der Waals surface area contributed by atoms with Crippen molar-refractivity contribution >= 4 is 17.3 Å². The van der Waals surface area contributed by atoms with Gasteiger partial charge in [-0.3, -0.25) is 9.78 Å². The summed E-state index contributed by atoms with van der Waals surface area (Å²) in [5.74, 6) is 0.670. The number of pyridine rings is 1. The number of hydrogen-bond donors (Lipinski definition) is 2. The second-order valence-corrected chi connectivity index (χ2v) is 8.27. The number of carbonyl (C=O) groups excluding carboxylic acids is 1. The summed E-state index contributed by atoms with van der Waals surface area (Å²) in [5, 5.41) is 6.40. The van der Waals surface area contributed by atoms with E-state index in [2.05, 4.69) is 15.6 Å². The van der Waals surface area contributed by atoms with Crippen LogP contribution in [0.3, 0.4) is 0 Å². The first-order chi connectivity index (χ1) is 16.6. The van der Waals surface area contributed by atoms with E-state index in [1.54, 1.807) is 6.20 Å². The first-order valence-corrected chi connectivity index (χ1v) is 11.5. The lowest BCUT2D eigenvalue weighted by atomic mass is 9.99. The second-order valence-electron chi connectivity index (χ2n) is 8.27. The molecule has 1 amide bonds. The Hall–Kier alpha value is -4.12. The van der Waals surface area contributed by atoms with Gasteiger partial charge in [-0.2, -0.15) is 0 Å². The maximum Gasteiger partial charge on any atom is 0.256 e. The molecule has 4 aromatic rings. The molecule has 34 heavy (non-hydrogen) atoms. The molecule has 4 rings (SSSR count). The van der Waals surface area contributed by atoms with Gasteiger partial charge >= 0.3 is 0 Å². The predicted molar refractivity (Wildman–Crippen MR) is 138 cm³/mol. The van der Waals surface area contributed by atoms with E-state index in [-0.39, 0.29) is 12.0 Å². The molecule has 2 N–H and O–H groups in total. The molecular formula is C29H29N3O2. The highest BCUT2D eigenvalue weighted by molar-refractivity contribution is 6.08. The quantitative estimate of drug-likeness (QED) is 0.307. The first-order valence-electron chi connectivity index (χ1n) is 11.5. The summed E-state index contributed by atoms with van der Waals surface area (Å²) in [5.41, 5.74) is 5.27. The predicted octanol–water partition coefficient (Wildman–Crippen LogP) is 6.44. The van der Waals surface area contributed by atoms with Crippen molar-refractivity contribution in [3.8, 4) is 16.9 Å². The van der Waals surface area contributed by atoms with Crippen LogP contribution in [0.4, 0.5) is 11.4 Å². The second kappa shape index (κ2) is 11.1. The minimum atomic E-state index is -0.144. The number of benzene rings is 3. The molecule has 0 saturated heterocycles. The van der Waals surface area contributed by atoms with E-state index in [0.717, 1.165) is 46.9 Å². The van der Waals surface area contributed by atoms with Crippen LogP contribution in [0.5, 0.6) is 5.75 Å². The van der Waals surface area contributed by atoms with Crippen LogP contribution in [0.2, 0.25) is 0 Å². The lowest BCUT2D eigenvalue weighted by Gasteiger charge is -2.13. The molecule has 0 aliphatic heterocycles. The van der Waals surface area contributed by atoms with E-state index in [4.69, 9.17) is 4.74 Å². The number of nitrogens with one attached hydrogen (secondary N) is 2. The van der Waals surface area contributed by atoms with Gasteiger partial charge in [0.1, 0.15) is 5.75 Å². The number of aromatic nitrogens is 1.